The lowest BCUT2D eigenvalue weighted by Crippen LogP contribution is -2.45. The van der Waals surface area contributed by atoms with Gasteiger partial charge in [0.15, 0.2) is 5.41 Å². The Hall–Kier alpha value is -0.790. The molecule has 0 aliphatic heterocycles. The van der Waals surface area contributed by atoms with E-state index in [1.54, 1.807) is 13.8 Å². The number of carbonyl (C=O) groups excluding carboxylic acids is 2. The Balaban J connectivity index is 4.85. The lowest BCUT2D eigenvalue weighted by molar-refractivity contribution is -0.222. The summed E-state index contributed by atoms with van der Waals surface area (Å²) < 4.78 is 48.2. The number of hydrogen-bond acceptors (Lipinski definition) is 4. The highest BCUT2D eigenvalue weighted by Crippen LogP contribution is 2.33. The van der Waals surface area contributed by atoms with E-state index < -0.39 is 35.0 Å². The summed E-state index contributed by atoms with van der Waals surface area (Å²) in [7, 11) is 0. The molecular formula is C17H28BrF3O4. The molecule has 25 heavy (non-hydrogen) atoms. The molecule has 0 radical (unpaired) electrons. The van der Waals surface area contributed by atoms with Crippen LogP contribution in [0, 0.1) is 5.41 Å². The fraction of sp³-hybridized carbons (Fsp3) is 0.882. The van der Waals surface area contributed by atoms with Crippen LogP contribution in [0.3, 0.4) is 0 Å². The van der Waals surface area contributed by atoms with Gasteiger partial charge in [0.25, 0.3) is 0 Å². The van der Waals surface area contributed by atoms with Crippen LogP contribution in [0.25, 0.3) is 0 Å². The molecule has 0 aliphatic carbocycles. The maximum Gasteiger partial charge on any atom is 0.426 e. The van der Waals surface area contributed by atoms with Crippen LogP contribution in [-0.4, -0.2) is 36.2 Å². The fourth-order valence-corrected chi connectivity index (χ4v) is 2.85. The van der Waals surface area contributed by atoms with Gasteiger partial charge in [-0.05, 0) is 19.3 Å². The minimum atomic E-state index is -4.70. The van der Waals surface area contributed by atoms with Crippen LogP contribution in [0.5, 0.6) is 0 Å². The van der Waals surface area contributed by atoms with Crippen molar-refractivity contribution in [2.75, 3.05) is 11.9 Å². The van der Waals surface area contributed by atoms with Crippen LogP contribution >= 0.6 is 15.9 Å². The van der Waals surface area contributed by atoms with E-state index in [9.17, 15) is 22.8 Å². The number of alkyl halides is 4. The smallest absolute Gasteiger partial charge is 0.426 e. The highest BCUT2D eigenvalue weighted by molar-refractivity contribution is 9.09. The van der Waals surface area contributed by atoms with Crippen molar-refractivity contribution in [1.29, 1.82) is 0 Å². The first-order valence-electron chi connectivity index (χ1n) is 8.70. The Morgan fingerprint density at radius 3 is 1.96 bits per heavy atom. The monoisotopic (exact) mass is 432 g/mol. The molecule has 0 spiro atoms. The number of halogens is 4. The van der Waals surface area contributed by atoms with Crippen LogP contribution in [0.1, 0.15) is 65.7 Å². The van der Waals surface area contributed by atoms with Crippen molar-refractivity contribution in [1.82, 2.24) is 0 Å². The quantitative estimate of drug-likeness (QED) is 0.184. The lowest BCUT2D eigenvalue weighted by Gasteiger charge is -2.29. The van der Waals surface area contributed by atoms with Gasteiger partial charge in [0, 0.05) is 5.33 Å². The largest absolute Gasteiger partial charge is 0.465 e. The van der Waals surface area contributed by atoms with Gasteiger partial charge >= 0.3 is 18.1 Å². The molecule has 0 aliphatic rings. The van der Waals surface area contributed by atoms with Crippen LogP contribution < -0.4 is 0 Å². The zero-order chi connectivity index (χ0) is 19.5. The van der Waals surface area contributed by atoms with E-state index in [1.165, 1.54) is 0 Å². The highest BCUT2D eigenvalue weighted by Gasteiger charge is 2.50. The van der Waals surface area contributed by atoms with Gasteiger partial charge in [-0.3, -0.25) is 9.59 Å². The number of esters is 2. The van der Waals surface area contributed by atoms with Gasteiger partial charge in [-0.25, -0.2) is 0 Å². The molecule has 0 bridgehead atoms. The second kappa shape index (κ2) is 11.8. The summed E-state index contributed by atoms with van der Waals surface area (Å²) >= 11 is 2.69. The first-order chi connectivity index (χ1) is 11.7. The summed E-state index contributed by atoms with van der Waals surface area (Å²) in [6.07, 6.45) is -2.18. The Morgan fingerprint density at radius 2 is 1.52 bits per heavy atom. The number of carbonyl (C=O) groups is 2. The predicted octanol–water partition coefficient (Wildman–Crippen LogP) is 5.18. The van der Waals surface area contributed by atoms with Crippen molar-refractivity contribution in [2.45, 2.75) is 78.0 Å². The van der Waals surface area contributed by atoms with Gasteiger partial charge in [-0.1, -0.05) is 62.4 Å². The summed E-state index contributed by atoms with van der Waals surface area (Å²) in [4.78, 5) is 24.7. The minimum Gasteiger partial charge on any atom is -0.465 e. The average molecular weight is 433 g/mol. The van der Waals surface area contributed by atoms with E-state index in [1.807, 2.05) is 0 Å². The van der Waals surface area contributed by atoms with E-state index in [2.05, 4.69) is 27.6 Å². The number of unbranched alkanes of at least 4 members (excludes halogenated alkanes) is 4. The summed E-state index contributed by atoms with van der Waals surface area (Å²) in [5.74, 6) is -2.00. The van der Waals surface area contributed by atoms with Crippen LogP contribution in [-0.2, 0) is 19.1 Å². The maximum atomic E-state index is 12.8. The Labute approximate surface area is 155 Å². The predicted molar refractivity (Wildman–Crippen MR) is 92.5 cm³/mol. The molecular weight excluding hydrogens is 405 g/mol. The molecule has 0 saturated heterocycles. The molecule has 8 heteroatoms. The second-order valence-corrected chi connectivity index (χ2v) is 6.58. The van der Waals surface area contributed by atoms with Gasteiger partial charge in [0.05, 0.1) is 6.61 Å². The summed E-state index contributed by atoms with van der Waals surface area (Å²) in [5.41, 5.74) is -1.70. The highest BCUT2D eigenvalue weighted by atomic mass is 79.9. The molecule has 4 nitrogen and oxygen atoms in total. The third kappa shape index (κ3) is 7.54. The average Bonchev–Trinajstić information content (AvgIpc) is 2.56. The Morgan fingerprint density at radius 1 is 0.960 bits per heavy atom. The van der Waals surface area contributed by atoms with Crippen LogP contribution in [0.15, 0.2) is 0 Å². The molecule has 0 aromatic heterocycles. The Kier molecular flexibility index (Phi) is 11.4. The van der Waals surface area contributed by atoms with Crippen molar-refractivity contribution >= 4 is 27.9 Å². The van der Waals surface area contributed by atoms with Gasteiger partial charge in [-0.2, -0.15) is 13.2 Å². The topological polar surface area (TPSA) is 52.6 Å². The van der Waals surface area contributed by atoms with E-state index >= 15 is 0 Å². The number of ether oxygens (including phenoxy) is 2. The van der Waals surface area contributed by atoms with Gasteiger partial charge in [0.2, 0.25) is 6.10 Å². The third-order valence-corrected chi connectivity index (χ3v) is 4.81. The summed E-state index contributed by atoms with van der Waals surface area (Å²) in [6, 6.07) is 0. The first kappa shape index (κ1) is 24.2. The fourth-order valence-electron chi connectivity index (χ4n) is 2.35. The molecule has 1 atom stereocenters. The zero-order valence-electron chi connectivity index (χ0n) is 15.1. The van der Waals surface area contributed by atoms with Crippen molar-refractivity contribution < 1.29 is 32.2 Å². The molecule has 0 amide bonds. The first-order valence-corrected chi connectivity index (χ1v) is 9.82. The summed E-state index contributed by atoms with van der Waals surface area (Å²) in [5, 5.41) is -0.585. The van der Waals surface area contributed by atoms with Crippen LogP contribution in [0.4, 0.5) is 13.2 Å². The van der Waals surface area contributed by atoms with Gasteiger partial charge < -0.3 is 9.47 Å². The normalized spacial score (nSPS) is 13.4. The van der Waals surface area contributed by atoms with Crippen LogP contribution in [0.2, 0.25) is 0 Å². The molecule has 0 heterocycles. The van der Waals surface area contributed by atoms with E-state index in [0.717, 1.165) is 25.7 Å². The van der Waals surface area contributed by atoms with Crippen molar-refractivity contribution in [3.63, 3.8) is 0 Å². The molecule has 0 aromatic rings. The SMILES string of the molecule is CCCCCCCOC(=O)C(CC)(CC)C(=O)OC(CBr)C(F)(F)F. The number of hydrogen-bond donors (Lipinski definition) is 0. The number of rotatable bonds is 12. The molecule has 148 valence electrons. The maximum absolute atomic E-state index is 12.8. The van der Waals surface area contributed by atoms with E-state index in [-0.39, 0.29) is 19.4 Å². The zero-order valence-corrected chi connectivity index (χ0v) is 16.7. The van der Waals surface area contributed by atoms with E-state index in [0.29, 0.717) is 6.42 Å². The minimum absolute atomic E-state index is 0.0177. The van der Waals surface area contributed by atoms with E-state index in [4.69, 9.17) is 4.74 Å². The van der Waals surface area contributed by atoms with Gasteiger partial charge in [0.1, 0.15) is 0 Å². The lowest BCUT2D eigenvalue weighted by atomic mass is 9.82. The summed E-state index contributed by atoms with van der Waals surface area (Å²) in [6.45, 7) is 5.36. The van der Waals surface area contributed by atoms with Crippen molar-refractivity contribution in [2.24, 2.45) is 5.41 Å². The third-order valence-electron chi connectivity index (χ3n) is 4.22. The van der Waals surface area contributed by atoms with Crippen molar-refractivity contribution in [3.05, 3.63) is 0 Å². The standard InChI is InChI=1S/C17H28BrF3O4/c1-4-7-8-9-10-11-24-14(22)16(5-2,6-3)15(23)25-13(12-18)17(19,20)21/h13H,4-12H2,1-3H3. The molecule has 1 unspecified atom stereocenters. The molecule has 0 aromatic carbocycles. The molecule has 0 fully saturated rings. The molecule has 0 saturated carbocycles. The molecule has 0 rings (SSSR count). The van der Waals surface area contributed by atoms with Gasteiger partial charge in [-0.15, -0.1) is 0 Å². The second-order valence-electron chi connectivity index (χ2n) is 5.93. The van der Waals surface area contributed by atoms with Crippen molar-refractivity contribution in [3.8, 4) is 0 Å². The Bertz CT molecular complexity index is 409. The molecule has 0 N–H and O–H groups in total.